The van der Waals surface area contributed by atoms with E-state index in [4.69, 9.17) is 18.6 Å². The summed E-state index contributed by atoms with van der Waals surface area (Å²) < 4.78 is 20.7. The molecule has 0 saturated carbocycles. The largest absolute Gasteiger partial charge is 0.497 e. The molecule has 1 N–H and O–H groups in total. The SMILES string of the molecule is COc1ccc(CNC(=O)Cc2c(C)c3ccc(OC(C)=O)c(OC(C)=O)c3oc2=O)cc1. The van der Waals surface area contributed by atoms with Gasteiger partial charge in [-0.05, 0) is 42.3 Å². The number of benzene rings is 2. The zero-order valence-electron chi connectivity index (χ0n) is 18.6. The molecule has 0 spiro atoms. The number of carbonyl (C=O) groups is 3. The van der Waals surface area contributed by atoms with Gasteiger partial charge < -0.3 is 23.9 Å². The molecule has 0 aliphatic rings. The molecule has 0 bridgehead atoms. The van der Waals surface area contributed by atoms with Crippen molar-refractivity contribution in [1.29, 1.82) is 0 Å². The van der Waals surface area contributed by atoms with E-state index in [0.29, 0.717) is 16.7 Å². The summed E-state index contributed by atoms with van der Waals surface area (Å²) in [5.41, 5.74) is 0.727. The average molecular weight is 453 g/mol. The van der Waals surface area contributed by atoms with Gasteiger partial charge in [0.05, 0.1) is 19.1 Å². The standard InChI is InChI=1S/C24H23NO8/c1-13-18-9-10-20(31-14(2)26)23(32-15(3)27)22(18)33-24(29)19(13)11-21(28)25-12-16-5-7-17(30-4)8-6-16/h5-10H,11-12H2,1-4H3,(H,25,28). The summed E-state index contributed by atoms with van der Waals surface area (Å²) in [5, 5.41) is 3.21. The lowest BCUT2D eigenvalue weighted by molar-refractivity contribution is -0.134. The summed E-state index contributed by atoms with van der Waals surface area (Å²) >= 11 is 0. The predicted octanol–water partition coefficient (Wildman–Crippen LogP) is 2.82. The van der Waals surface area contributed by atoms with Crippen molar-refractivity contribution in [2.75, 3.05) is 7.11 Å². The first-order chi connectivity index (χ1) is 15.7. The fourth-order valence-corrected chi connectivity index (χ4v) is 3.26. The van der Waals surface area contributed by atoms with Crippen molar-refractivity contribution in [3.05, 3.63) is 63.5 Å². The Kier molecular flexibility index (Phi) is 7.12. The number of hydrogen-bond donors (Lipinski definition) is 1. The maximum absolute atomic E-state index is 12.7. The minimum atomic E-state index is -0.757. The third kappa shape index (κ3) is 5.57. The molecule has 2 aromatic carbocycles. The second-order valence-electron chi connectivity index (χ2n) is 7.25. The van der Waals surface area contributed by atoms with Gasteiger partial charge in [0.15, 0.2) is 11.3 Å². The first kappa shape index (κ1) is 23.5. The van der Waals surface area contributed by atoms with Crippen LogP contribution in [0.3, 0.4) is 0 Å². The van der Waals surface area contributed by atoms with Crippen LogP contribution in [-0.2, 0) is 27.3 Å². The highest BCUT2D eigenvalue weighted by atomic mass is 16.6. The van der Waals surface area contributed by atoms with Gasteiger partial charge in [0.1, 0.15) is 5.75 Å². The van der Waals surface area contributed by atoms with E-state index in [1.807, 2.05) is 12.1 Å². The highest BCUT2D eigenvalue weighted by molar-refractivity contribution is 5.92. The summed E-state index contributed by atoms with van der Waals surface area (Å²) in [4.78, 5) is 48.1. The molecule has 33 heavy (non-hydrogen) atoms. The Morgan fingerprint density at radius 3 is 2.24 bits per heavy atom. The molecule has 0 saturated heterocycles. The van der Waals surface area contributed by atoms with Gasteiger partial charge >= 0.3 is 17.6 Å². The van der Waals surface area contributed by atoms with Crippen molar-refractivity contribution in [3.63, 3.8) is 0 Å². The van der Waals surface area contributed by atoms with Crippen LogP contribution in [0, 0.1) is 6.92 Å². The number of hydrogen-bond acceptors (Lipinski definition) is 8. The second kappa shape index (κ2) is 9.99. The molecule has 1 heterocycles. The van der Waals surface area contributed by atoms with Crippen molar-refractivity contribution in [2.24, 2.45) is 0 Å². The highest BCUT2D eigenvalue weighted by Crippen LogP contribution is 2.37. The molecule has 0 aliphatic carbocycles. The Bertz CT molecular complexity index is 1270. The van der Waals surface area contributed by atoms with Crippen LogP contribution in [0.4, 0.5) is 0 Å². The van der Waals surface area contributed by atoms with Crippen molar-refractivity contribution in [2.45, 2.75) is 33.7 Å². The van der Waals surface area contributed by atoms with E-state index in [2.05, 4.69) is 5.32 Å². The second-order valence-corrected chi connectivity index (χ2v) is 7.25. The van der Waals surface area contributed by atoms with E-state index in [9.17, 15) is 19.2 Å². The van der Waals surface area contributed by atoms with Crippen molar-refractivity contribution in [3.8, 4) is 17.2 Å². The Morgan fingerprint density at radius 1 is 0.970 bits per heavy atom. The Balaban J connectivity index is 1.89. The number of nitrogens with one attached hydrogen (secondary N) is 1. The molecule has 3 aromatic rings. The van der Waals surface area contributed by atoms with Gasteiger partial charge in [-0.1, -0.05) is 12.1 Å². The molecule has 9 heteroatoms. The number of ether oxygens (including phenoxy) is 3. The quantitative estimate of drug-likeness (QED) is 0.329. The molecular formula is C24H23NO8. The lowest BCUT2D eigenvalue weighted by Gasteiger charge is -2.13. The average Bonchev–Trinajstić information content (AvgIpc) is 2.76. The number of aryl methyl sites for hydroxylation is 1. The number of fused-ring (bicyclic) bond motifs is 1. The maximum Gasteiger partial charge on any atom is 0.340 e. The van der Waals surface area contributed by atoms with E-state index >= 15 is 0 Å². The topological polar surface area (TPSA) is 121 Å². The van der Waals surface area contributed by atoms with Crippen LogP contribution < -0.4 is 25.2 Å². The van der Waals surface area contributed by atoms with Crippen LogP contribution in [0.5, 0.6) is 17.2 Å². The van der Waals surface area contributed by atoms with Crippen LogP contribution in [0.2, 0.25) is 0 Å². The Hall–Kier alpha value is -4.14. The smallest absolute Gasteiger partial charge is 0.340 e. The molecule has 0 unspecified atom stereocenters. The summed E-state index contributed by atoms with van der Waals surface area (Å²) in [6.45, 7) is 4.30. The van der Waals surface area contributed by atoms with Gasteiger partial charge in [0.2, 0.25) is 11.7 Å². The molecule has 3 rings (SSSR count). The molecular weight excluding hydrogens is 430 g/mol. The molecule has 0 atom stereocenters. The molecule has 0 radical (unpaired) electrons. The summed E-state index contributed by atoms with van der Waals surface area (Å²) in [6, 6.07) is 10.2. The van der Waals surface area contributed by atoms with Gasteiger partial charge in [-0.2, -0.15) is 0 Å². The van der Waals surface area contributed by atoms with E-state index in [1.165, 1.54) is 19.9 Å². The Labute approximate surface area is 189 Å². The van der Waals surface area contributed by atoms with E-state index in [-0.39, 0.29) is 41.5 Å². The zero-order valence-corrected chi connectivity index (χ0v) is 18.6. The van der Waals surface area contributed by atoms with Crippen molar-refractivity contribution < 1.29 is 33.0 Å². The van der Waals surface area contributed by atoms with Gasteiger partial charge in [-0.15, -0.1) is 0 Å². The number of esters is 2. The number of rotatable bonds is 7. The van der Waals surface area contributed by atoms with Gasteiger partial charge in [0, 0.05) is 25.8 Å². The lowest BCUT2D eigenvalue weighted by Crippen LogP contribution is -2.27. The molecule has 0 aliphatic heterocycles. The zero-order chi connectivity index (χ0) is 24.1. The van der Waals surface area contributed by atoms with Crippen molar-refractivity contribution >= 4 is 28.8 Å². The number of carbonyl (C=O) groups excluding carboxylic acids is 3. The van der Waals surface area contributed by atoms with E-state index < -0.39 is 17.6 Å². The lowest BCUT2D eigenvalue weighted by atomic mass is 10.0. The first-order valence-electron chi connectivity index (χ1n) is 10.0. The third-order valence-corrected chi connectivity index (χ3v) is 4.86. The minimum Gasteiger partial charge on any atom is -0.497 e. The number of amides is 1. The van der Waals surface area contributed by atoms with Crippen LogP contribution in [0.1, 0.15) is 30.5 Å². The van der Waals surface area contributed by atoms with Crippen LogP contribution >= 0.6 is 0 Å². The van der Waals surface area contributed by atoms with E-state index in [0.717, 1.165) is 5.56 Å². The molecule has 1 aromatic heterocycles. The van der Waals surface area contributed by atoms with Crippen LogP contribution in [-0.4, -0.2) is 25.0 Å². The fraction of sp³-hybridized carbons (Fsp3) is 0.250. The monoisotopic (exact) mass is 453 g/mol. The molecule has 0 fully saturated rings. The number of methoxy groups -OCH3 is 1. The molecule has 1 amide bonds. The normalized spacial score (nSPS) is 10.5. The van der Waals surface area contributed by atoms with Gasteiger partial charge in [-0.25, -0.2) is 4.79 Å². The van der Waals surface area contributed by atoms with Gasteiger partial charge in [0.25, 0.3) is 0 Å². The Morgan fingerprint density at radius 2 is 1.64 bits per heavy atom. The van der Waals surface area contributed by atoms with Crippen LogP contribution in [0.15, 0.2) is 45.6 Å². The van der Waals surface area contributed by atoms with E-state index in [1.54, 1.807) is 32.2 Å². The molecule has 9 nitrogen and oxygen atoms in total. The highest BCUT2D eigenvalue weighted by Gasteiger charge is 2.22. The van der Waals surface area contributed by atoms with Crippen molar-refractivity contribution in [1.82, 2.24) is 5.32 Å². The first-order valence-corrected chi connectivity index (χ1v) is 10.0. The summed E-state index contributed by atoms with van der Waals surface area (Å²) in [7, 11) is 1.57. The molecule has 172 valence electrons. The minimum absolute atomic E-state index is 0.0474. The fourth-order valence-electron chi connectivity index (χ4n) is 3.26. The summed E-state index contributed by atoms with van der Waals surface area (Å²) in [6.07, 6.45) is -0.200. The third-order valence-electron chi connectivity index (χ3n) is 4.86. The summed E-state index contributed by atoms with van der Waals surface area (Å²) in [5.74, 6) is -1.20. The van der Waals surface area contributed by atoms with Gasteiger partial charge in [-0.3, -0.25) is 14.4 Å². The predicted molar refractivity (Wildman–Crippen MR) is 118 cm³/mol. The maximum atomic E-state index is 12.7. The van der Waals surface area contributed by atoms with Crippen LogP contribution in [0.25, 0.3) is 11.0 Å².